The van der Waals surface area contributed by atoms with Crippen LogP contribution in [0.25, 0.3) is 11.1 Å². The van der Waals surface area contributed by atoms with Gasteiger partial charge in [0.1, 0.15) is 0 Å². The van der Waals surface area contributed by atoms with Gasteiger partial charge in [-0.1, -0.05) is 36.4 Å². The highest BCUT2D eigenvalue weighted by Gasteiger charge is 2.31. The highest BCUT2D eigenvalue weighted by molar-refractivity contribution is 7.92. The second-order valence-corrected chi connectivity index (χ2v) is 9.26. The van der Waals surface area contributed by atoms with Crippen LogP contribution in [0.4, 0.5) is 0 Å². The molecular formula is C19H21NO5S. The molecule has 0 aliphatic heterocycles. The van der Waals surface area contributed by atoms with E-state index in [-0.39, 0.29) is 17.7 Å². The molecule has 1 amide bonds. The number of carboxylic acids is 1. The summed E-state index contributed by atoms with van der Waals surface area (Å²) >= 11 is 0. The lowest BCUT2D eigenvalue weighted by Gasteiger charge is -2.23. The van der Waals surface area contributed by atoms with Crippen molar-refractivity contribution in [2.45, 2.75) is 18.6 Å². The predicted octanol–water partition coefficient (Wildman–Crippen LogP) is 2.60. The Labute approximate surface area is 152 Å². The van der Waals surface area contributed by atoms with Gasteiger partial charge in [-0.3, -0.25) is 4.79 Å². The minimum absolute atomic E-state index is 0.0560. The third-order valence-electron chi connectivity index (χ3n) is 4.30. The summed E-state index contributed by atoms with van der Waals surface area (Å²) in [6, 6.07) is 13.0. The van der Waals surface area contributed by atoms with E-state index >= 15 is 0 Å². The molecule has 26 heavy (non-hydrogen) atoms. The molecule has 0 saturated carbocycles. The summed E-state index contributed by atoms with van der Waals surface area (Å²) in [5.41, 5.74) is 1.27. The first-order valence-corrected chi connectivity index (χ1v) is 9.83. The second-order valence-electron chi connectivity index (χ2n) is 6.61. The van der Waals surface area contributed by atoms with Crippen LogP contribution < -0.4 is 5.32 Å². The third-order valence-corrected chi connectivity index (χ3v) is 6.45. The van der Waals surface area contributed by atoms with Crippen molar-refractivity contribution in [1.82, 2.24) is 5.32 Å². The summed E-state index contributed by atoms with van der Waals surface area (Å²) in [4.78, 5) is 24.1. The van der Waals surface area contributed by atoms with E-state index in [9.17, 15) is 23.1 Å². The van der Waals surface area contributed by atoms with Crippen molar-refractivity contribution < 1.29 is 23.1 Å². The smallest absolute Gasteiger partial charge is 0.336 e. The van der Waals surface area contributed by atoms with Crippen LogP contribution in [0.15, 0.2) is 48.5 Å². The molecule has 2 N–H and O–H groups in total. The summed E-state index contributed by atoms with van der Waals surface area (Å²) in [6.45, 7) is 3.02. The average molecular weight is 375 g/mol. The Balaban J connectivity index is 2.39. The molecule has 0 atom stereocenters. The number of sulfone groups is 1. The molecule has 2 aromatic carbocycles. The van der Waals surface area contributed by atoms with Gasteiger partial charge in [0.15, 0.2) is 9.84 Å². The van der Waals surface area contributed by atoms with Gasteiger partial charge in [-0.15, -0.1) is 0 Å². The molecule has 2 rings (SSSR count). The van der Waals surface area contributed by atoms with Gasteiger partial charge in [-0.05, 0) is 37.1 Å². The second kappa shape index (κ2) is 7.29. The number of rotatable bonds is 6. The molecule has 0 aromatic heterocycles. The Bertz CT molecular complexity index is 948. The van der Waals surface area contributed by atoms with Crippen molar-refractivity contribution in [2.24, 2.45) is 0 Å². The van der Waals surface area contributed by atoms with Gasteiger partial charge in [0.05, 0.1) is 10.3 Å². The zero-order chi connectivity index (χ0) is 19.5. The van der Waals surface area contributed by atoms with Gasteiger partial charge >= 0.3 is 5.97 Å². The van der Waals surface area contributed by atoms with Crippen LogP contribution in [-0.4, -0.2) is 42.9 Å². The quantitative estimate of drug-likeness (QED) is 0.808. The van der Waals surface area contributed by atoms with Gasteiger partial charge in [-0.2, -0.15) is 0 Å². The fraction of sp³-hybridized carbons (Fsp3) is 0.263. The van der Waals surface area contributed by atoms with Crippen molar-refractivity contribution >= 4 is 21.7 Å². The van der Waals surface area contributed by atoms with Gasteiger partial charge in [0.25, 0.3) is 5.91 Å². The SMILES string of the molecule is CC(C)(CNC(=O)c1ccccc1-c1ccccc1C(=O)O)S(C)(=O)=O. The Kier molecular flexibility index (Phi) is 5.51. The van der Waals surface area contributed by atoms with Gasteiger partial charge < -0.3 is 10.4 Å². The van der Waals surface area contributed by atoms with Crippen LogP contribution in [0.3, 0.4) is 0 Å². The normalized spacial score (nSPS) is 11.8. The molecule has 0 spiro atoms. The number of hydrogen-bond acceptors (Lipinski definition) is 4. The standard InChI is InChI=1S/C19H21NO5S/c1-19(2,26(3,24)25)12-20-17(21)15-10-6-4-8-13(15)14-9-5-7-11-16(14)18(22)23/h4-11H,12H2,1-3H3,(H,20,21)(H,22,23). The molecule has 0 aliphatic rings. The number of hydrogen-bond donors (Lipinski definition) is 2. The zero-order valence-electron chi connectivity index (χ0n) is 14.8. The van der Waals surface area contributed by atoms with Crippen molar-refractivity contribution in [3.05, 3.63) is 59.7 Å². The molecule has 0 aliphatic carbocycles. The number of carbonyl (C=O) groups is 2. The zero-order valence-corrected chi connectivity index (χ0v) is 15.6. The highest BCUT2D eigenvalue weighted by Crippen LogP contribution is 2.27. The van der Waals surface area contributed by atoms with E-state index in [0.717, 1.165) is 6.26 Å². The number of nitrogens with one attached hydrogen (secondary N) is 1. The summed E-state index contributed by atoms with van der Waals surface area (Å²) in [7, 11) is -3.35. The van der Waals surface area contributed by atoms with E-state index < -0.39 is 26.5 Å². The molecular weight excluding hydrogens is 354 g/mol. The van der Waals surface area contributed by atoms with Crippen molar-refractivity contribution in [3.63, 3.8) is 0 Å². The monoisotopic (exact) mass is 375 g/mol. The van der Waals surface area contributed by atoms with E-state index in [1.807, 2.05) is 0 Å². The van der Waals surface area contributed by atoms with Crippen LogP contribution in [0.1, 0.15) is 34.6 Å². The van der Waals surface area contributed by atoms with E-state index in [2.05, 4.69) is 5.32 Å². The van der Waals surface area contributed by atoms with E-state index in [1.165, 1.54) is 19.9 Å². The summed E-state index contributed by atoms with van der Waals surface area (Å²) < 4.78 is 22.5. The first kappa shape index (κ1) is 19.7. The molecule has 0 fully saturated rings. The summed E-state index contributed by atoms with van der Waals surface area (Å²) in [6.07, 6.45) is 1.12. The maximum Gasteiger partial charge on any atom is 0.336 e. The minimum Gasteiger partial charge on any atom is -0.478 e. The molecule has 0 radical (unpaired) electrons. The largest absolute Gasteiger partial charge is 0.478 e. The van der Waals surface area contributed by atoms with E-state index in [0.29, 0.717) is 11.1 Å². The Hall–Kier alpha value is -2.67. The third kappa shape index (κ3) is 4.11. The molecule has 7 heteroatoms. The van der Waals surface area contributed by atoms with E-state index in [4.69, 9.17) is 0 Å². The maximum absolute atomic E-state index is 12.6. The van der Waals surface area contributed by atoms with E-state index in [1.54, 1.807) is 42.5 Å². The van der Waals surface area contributed by atoms with Crippen LogP contribution >= 0.6 is 0 Å². The van der Waals surface area contributed by atoms with Gasteiger partial charge in [0.2, 0.25) is 0 Å². The average Bonchev–Trinajstić information content (AvgIpc) is 2.58. The number of carboxylic acid groups (broad SMARTS) is 1. The predicted molar refractivity (Wildman–Crippen MR) is 100 cm³/mol. The lowest BCUT2D eigenvalue weighted by molar-refractivity contribution is 0.0697. The molecule has 6 nitrogen and oxygen atoms in total. The Morgan fingerprint density at radius 1 is 0.962 bits per heavy atom. The van der Waals surface area contributed by atoms with Crippen LogP contribution in [0, 0.1) is 0 Å². The molecule has 0 heterocycles. The van der Waals surface area contributed by atoms with Gasteiger partial charge in [-0.25, -0.2) is 13.2 Å². The summed E-state index contributed by atoms with van der Waals surface area (Å²) in [5, 5.41) is 12.0. The van der Waals surface area contributed by atoms with Crippen LogP contribution in [-0.2, 0) is 9.84 Å². The minimum atomic E-state index is -3.35. The first-order chi connectivity index (χ1) is 12.0. The number of benzene rings is 2. The van der Waals surface area contributed by atoms with Crippen molar-refractivity contribution in [1.29, 1.82) is 0 Å². The van der Waals surface area contributed by atoms with Crippen LogP contribution in [0.5, 0.6) is 0 Å². The number of amides is 1. The number of carbonyl (C=O) groups excluding carboxylic acids is 1. The highest BCUT2D eigenvalue weighted by atomic mass is 32.2. The molecule has 0 unspecified atom stereocenters. The topological polar surface area (TPSA) is 101 Å². The molecule has 138 valence electrons. The fourth-order valence-electron chi connectivity index (χ4n) is 2.34. The van der Waals surface area contributed by atoms with Gasteiger partial charge in [0, 0.05) is 18.4 Å². The molecule has 0 saturated heterocycles. The Morgan fingerprint density at radius 2 is 1.42 bits per heavy atom. The Morgan fingerprint density at radius 3 is 1.92 bits per heavy atom. The first-order valence-electron chi connectivity index (χ1n) is 7.94. The maximum atomic E-state index is 12.6. The lowest BCUT2D eigenvalue weighted by Crippen LogP contribution is -2.43. The summed E-state index contributed by atoms with van der Waals surface area (Å²) in [5.74, 6) is -1.55. The lowest BCUT2D eigenvalue weighted by atomic mass is 9.95. The fourth-order valence-corrected chi connectivity index (χ4v) is 2.67. The number of aromatic carboxylic acids is 1. The van der Waals surface area contributed by atoms with Crippen LogP contribution in [0.2, 0.25) is 0 Å². The van der Waals surface area contributed by atoms with Crippen molar-refractivity contribution in [3.8, 4) is 11.1 Å². The molecule has 2 aromatic rings. The molecule has 0 bridgehead atoms. The van der Waals surface area contributed by atoms with Crippen molar-refractivity contribution in [2.75, 3.05) is 12.8 Å².